The molecule has 0 saturated heterocycles. The molecule has 1 aromatic carbocycles. The van der Waals surface area contributed by atoms with E-state index in [1.54, 1.807) is 7.11 Å². The fourth-order valence-corrected chi connectivity index (χ4v) is 2.36. The third-order valence-electron chi connectivity index (χ3n) is 3.54. The molecule has 0 bridgehead atoms. The highest BCUT2D eigenvalue weighted by molar-refractivity contribution is 5.35. The Labute approximate surface area is 105 Å². The summed E-state index contributed by atoms with van der Waals surface area (Å²) in [7, 11) is 3.81. The average molecular weight is 235 g/mol. The Morgan fingerprint density at radius 3 is 2.53 bits per heavy atom. The van der Waals surface area contributed by atoms with Gasteiger partial charge < -0.3 is 10.1 Å². The zero-order valence-electron chi connectivity index (χ0n) is 11.7. The van der Waals surface area contributed by atoms with Gasteiger partial charge in [0.15, 0.2) is 0 Å². The summed E-state index contributed by atoms with van der Waals surface area (Å²) in [5.74, 6) is 0. The molecule has 0 aliphatic heterocycles. The quantitative estimate of drug-likeness (QED) is 0.816. The number of hydrogen-bond donors (Lipinski definition) is 1. The van der Waals surface area contributed by atoms with Crippen LogP contribution in [0.5, 0.6) is 0 Å². The molecule has 96 valence electrons. The molecule has 2 nitrogen and oxygen atoms in total. The van der Waals surface area contributed by atoms with Crippen molar-refractivity contribution in [2.75, 3.05) is 14.2 Å². The first-order valence-corrected chi connectivity index (χ1v) is 6.41. The lowest BCUT2D eigenvalue weighted by molar-refractivity contribution is 0.0628. The van der Waals surface area contributed by atoms with Crippen molar-refractivity contribution in [1.29, 1.82) is 0 Å². The fraction of sp³-hybridized carbons (Fsp3) is 0.600. The Kier molecular flexibility index (Phi) is 5.66. The SMILES string of the molecule is CCCC(OC)C(NC)c1cccc(C)c1C. The third-order valence-corrected chi connectivity index (χ3v) is 3.54. The van der Waals surface area contributed by atoms with Crippen LogP contribution >= 0.6 is 0 Å². The number of ether oxygens (including phenoxy) is 1. The maximum Gasteiger partial charge on any atom is 0.0765 e. The molecule has 0 heterocycles. The Hall–Kier alpha value is -0.860. The van der Waals surface area contributed by atoms with Crippen LogP contribution in [-0.2, 0) is 4.74 Å². The standard InChI is InChI=1S/C15H25NO/c1-6-8-14(17-5)15(16-4)13-10-7-9-11(2)12(13)3/h7,9-10,14-16H,6,8H2,1-5H3. The molecule has 0 aliphatic carbocycles. The molecule has 2 atom stereocenters. The normalized spacial score (nSPS) is 14.6. The molecular weight excluding hydrogens is 210 g/mol. The van der Waals surface area contributed by atoms with Crippen LogP contribution in [0.25, 0.3) is 0 Å². The highest BCUT2D eigenvalue weighted by Gasteiger charge is 2.22. The van der Waals surface area contributed by atoms with Crippen molar-refractivity contribution in [2.45, 2.75) is 45.8 Å². The predicted molar refractivity (Wildman–Crippen MR) is 73.4 cm³/mol. The Morgan fingerprint density at radius 1 is 1.29 bits per heavy atom. The lowest BCUT2D eigenvalue weighted by atomic mass is 9.92. The molecule has 1 rings (SSSR count). The van der Waals surface area contributed by atoms with Crippen molar-refractivity contribution in [1.82, 2.24) is 5.32 Å². The molecule has 0 spiro atoms. The first-order valence-electron chi connectivity index (χ1n) is 6.41. The lowest BCUT2D eigenvalue weighted by Gasteiger charge is -2.27. The fourth-order valence-electron chi connectivity index (χ4n) is 2.36. The maximum atomic E-state index is 5.63. The Bertz CT molecular complexity index is 349. The summed E-state index contributed by atoms with van der Waals surface area (Å²) in [5, 5.41) is 3.40. The van der Waals surface area contributed by atoms with Crippen molar-refractivity contribution >= 4 is 0 Å². The maximum absolute atomic E-state index is 5.63. The number of nitrogens with one attached hydrogen (secondary N) is 1. The van der Waals surface area contributed by atoms with Crippen LogP contribution in [0.2, 0.25) is 0 Å². The van der Waals surface area contributed by atoms with E-state index in [1.165, 1.54) is 16.7 Å². The van der Waals surface area contributed by atoms with Gasteiger partial charge in [0.1, 0.15) is 0 Å². The molecule has 0 saturated carbocycles. The van der Waals surface area contributed by atoms with Crippen molar-refractivity contribution in [3.05, 3.63) is 34.9 Å². The van der Waals surface area contributed by atoms with Gasteiger partial charge in [0.2, 0.25) is 0 Å². The van der Waals surface area contributed by atoms with Crippen LogP contribution < -0.4 is 5.32 Å². The smallest absolute Gasteiger partial charge is 0.0765 e. The average Bonchev–Trinajstić information content (AvgIpc) is 2.34. The third kappa shape index (κ3) is 3.30. The molecule has 1 N–H and O–H groups in total. The highest BCUT2D eigenvalue weighted by atomic mass is 16.5. The van der Waals surface area contributed by atoms with Gasteiger partial charge in [-0.15, -0.1) is 0 Å². The zero-order chi connectivity index (χ0) is 12.8. The van der Waals surface area contributed by atoms with Gasteiger partial charge in [-0.25, -0.2) is 0 Å². The first-order chi connectivity index (χ1) is 8.15. The van der Waals surface area contributed by atoms with Gasteiger partial charge in [0.25, 0.3) is 0 Å². The second kappa shape index (κ2) is 6.77. The topological polar surface area (TPSA) is 21.3 Å². The summed E-state index contributed by atoms with van der Waals surface area (Å²) >= 11 is 0. The van der Waals surface area contributed by atoms with Crippen LogP contribution in [0.1, 0.15) is 42.5 Å². The van der Waals surface area contributed by atoms with E-state index in [0.29, 0.717) is 0 Å². The minimum atomic E-state index is 0.241. The van der Waals surface area contributed by atoms with Gasteiger partial charge in [-0.05, 0) is 44.0 Å². The molecule has 0 amide bonds. The van der Waals surface area contributed by atoms with Crippen molar-refractivity contribution in [3.63, 3.8) is 0 Å². The van der Waals surface area contributed by atoms with Crippen LogP contribution in [0.3, 0.4) is 0 Å². The molecule has 0 fully saturated rings. The summed E-state index contributed by atoms with van der Waals surface area (Å²) in [6.45, 7) is 6.54. The number of rotatable bonds is 6. The van der Waals surface area contributed by atoms with Gasteiger partial charge in [0, 0.05) is 7.11 Å². The molecule has 0 radical (unpaired) electrons. The van der Waals surface area contributed by atoms with E-state index in [0.717, 1.165) is 12.8 Å². The van der Waals surface area contributed by atoms with Crippen molar-refractivity contribution < 1.29 is 4.74 Å². The molecule has 1 aromatic rings. The number of hydrogen-bond acceptors (Lipinski definition) is 2. The number of likely N-dealkylation sites (N-methyl/N-ethyl adjacent to an activating group) is 1. The second-order valence-corrected chi connectivity index (χ2v) is 4.62. The lowest BCUT2D eigenvalue weighted by Crippen LogP contribution is -2.31. The minimum Gasteiger partial charge on any atom is -0.379 e. The largest absolute Gasteiger partial charge is 0.379 e. The van der Waals surface area contributed by atoms with E-state index < -0.39 is 0 Å². The molecular formula is C15H25NO. The monoisotopic (exact) mass is 235 g/mol. The van der Waals surface area contributed by atoms with Gasteiger partial charge in [0.05, 0.1) is 12.1 Å². The molecule has 0 aromatic heterocycles. The van der Waals surface area contributed by atoms with Gasteiger partial charge >= 0.3 is 0 Å². The Balaban J connectivity index is 3.03. The van der Waals surface area contributed by atoms with E-state index in [1.807, 2.05) is 7.05 Å². The first kappa shape index (κ1) is 14.2. The summed E-state index contributed by atoms with van der Waals surface area (Å²) in [6, 6.07) is 6.76. The Morgan fingerprint density at radius 2 is 2.00 bits per heavy atom. The van der Waals surface area contributed by atoms with E-state index in [2.05, 4.69) is 44.3 Å². The molecule has 17 heavy (non-hydrogen) atoms. The summed E-state index contributed by atoms with van der Waals surface area (Å²) in [4.78, 5) is 0. The second-order valence-electron chi connectivity index (χ2n) is 4.62. The number of aryl methyl sites for hydroxylation is 1. The van der Waals surface area contributed by atoms with E-state index >= 15 is 0 Å². The van der Waals surface area contributed by atoms with Crippen LogP contribution in [0.15, 0.2) is 18.2 Å². The summed E-state index contributed by atoms with van der Waals surface area (Å²) in [5.41, 5.74) is 4.06. The van der Waals surface area contributed by atoms with Crippen LogP contribution in [0, 0.1) is 13.8 Å². The van der Waals surface area contributed by atoms with Gasteiger partial charge in [-0.2, -0.15) is 0 Å². The van der Waals surface area contributed by atoms with E-state index in [4.69, 9.17) is 4.74 Å². The summed E-state index contributed by atoms with van der Waals surface area (Å²) in [6.07, 6.45) is 2.46. The predicted octanol–water partition coefficient (Wildman–Crippen LogP) is 3.38. The van der Waals surface area contributed by atoms with Crippen LogP contribution in [0.4, 0.5) is 0 Å². The van der Waals surface area contributed by atoms with Gasteiger partial charge in [-0.3, -0.25) is 0 Å². The van der Waals surface area contributed by atoms with E-state index in [-0.39, 0.29) is 12.1 Å². The van der Waals surface area contributed by atoms with E-state index in [9.17, 15) is 0 Å². The van der Waals surface area contributed by atoms with Crippen molar-refractivity contribution in [3.8, 4) is 0 Å². The zero-order valence-corrected chi connectivity index (χ0v) is 11.7. The molecule has 2 unspecified atom stereocenters. The number of methoxy groups -OCH3 is 1. The minimum absolute atomic E-state index is 0.241. The molecule has 2 heteroatoms. The van der Waals surface area contributed by atoms with Crippen LogP contribution in [-0.4, -0.2) is 20.3 Å². The van der Waals surface area contributed by atoms with Crippen molar-refractivity contribution in [2.24, 2.45) is 0 Å². The summed E-state index contributed by atoms with van der Waals surface area (Å²) < 4.78 is 5.63. The highest BCUT2D eigenvalue weighted by Crippen LogP contribution is 2.26. The van der Waals surface area contributed by atoms with Gasteiger partial charge in [-0.1, -0.05) is 31.5 Å². The number of benzene rings is 1. The molecule has 0 aliphatic rings.